The van der Waals surface area contributed by atoms with Gasteiger partial charge in [-0.15, -0.1) is 11.3 Å². The van der Waals surface area contributed by atoms with Crippen LogP contribution >= 0.6 is 22.9 Å². The molecule has 1 atom stereocenters. The molecular formula is C21H23ClN2O5S. The highest BCUT2D eigenvalue weighted by Crippen LogP contribution is 2.38. The van der Waals surface area contributed by atoms with Gasteiger partial charge in [0.15, 0.2) is 6.10 Å². The maximum absolute atomic E-state index is 12.8. The summed E-state index contributed by atoms with van der Waals surface area (Å²) >= 11 is 7.20. The quantitative estimate of drug-likeness (QED) is 0.397. The van der Waals surface area contributed by atoms with Crippen LogP contribution in [0, 0.1) is 0 Å². The number of nitrogens with one attached hydrogen (secondary N) is 1. The Hall–Kier alpha value is -2.45. The lowest BCUT2D eigenvalue weighted by atomic mass is 10.1. The first-order valence-electron chi connectivity index (χ1n) is 9.80. The summed E-state index contributed by atoms with van der Waals surface area (Å²) in [6.45, 7) is 1.74. The lowest BCUT2D eigenvalue weighted by molar-refractivity contribution is -0.124. The fourth-order valence-electron chi connectivity index (χ4n) is 3.39. The highest BCUT2D eigenvalue weighted by Gasteiger charge is 2.29. The van der Waals surface area contributed by atoms with Crippen LogP contribution in [0.25, 0.3) is 0 Å². The van der Waals surface area contributed by atoms with Gasteiger partial charge in [-0.25, -0.2) is 14.6 Å². The molecule has 7 nitrogen and oxygen atoms in total. The van der Waals surface area contributed by atoms with Gasteiger partial charge in [-0.1, -0.05) is 24.9 Å². The van der Waals surface area contributed by atoms with Crippen LogP contribution in [0.5, 0.6) is 0 Å². The number of aryl methyl sites for hydroxylation is 1. The van der Waals surface area contributed by atoms with Gasteiger partial charge in [-0.05, 0) is 49.8 Å². The van der Waals surface area contributed by atoms with Crippen molar-refractivity contribution in [2.75, 3.05) is 12.4 Å². The standard InChI is InChI=1S/C21H23ClN2O5S/c1-3-14(29-20(26)12-9-10-23-16(22)11-12)18(25)24-19-17(21(27)28-2)13-7-5-4-6-8-15(13)30-19/h9-11,14H,3-8H2,1-2H3,(H,24,25). The van der Waals surface area contributed by atoms with E-state index in [-0.39, 0.29) is 17.1 Å². The Balaban J connectivity index is 1.79. The van der Waals surface area contributed by atoms with Crippen LogP contribution in [0.1, 0.15) is 63.8 Å². The summed E-state index contributed by atoms with van der Waals surface area (Å²) in [6.07, 6.45) is 5.44. The van der Waals surface area contributed by atoms with Gasteiger partial charge in [0.2, 0.25) is 0 Å². The molecule has 2 aromatic rings. The van der Waals surface area contributed by atoms with E-state index in [4.69, 9.17) is 21.1 Å². The number of anilines is 1. The molecule has 1 N–H and O–H groups in total. The van der Waals surface area contributed by atoms with Crippen molar-refractivity contribution < 1.29 is 23.9 Å². The Kier molecular flexibility index (Phi) is 7.44. The summed E-state index contributed by atoms with van der Waals surface area (Å²) in [4.78, 5) is 42.6. The molecule has 1 aliphatic carbocycles. The van der Waals surface area contributed by atoms with Gasteiger partial charge < -0.3 is 14.8 Å². The number of halogens is 1. The number of pyridine rings is 1. The van der Waals surface area contributed by atoms with E-state index in [0.717, 1.165) is 42.5 Å². The minimum Gasteiger partial charge on any atom is -0.465 e. The highest BCUT2D eigenvalue weighted by molar-refractivity contribution is 7.17. The number of hydrogen-bond acceptors (Lipinski definition) is 7. The third-order valence-corrected chi connectivity index (χ3v) is 6.34. The van der Waals surface area contributed by atoms with Crippen molar-refractivity contribution in [3.8, 4) is 0 Å². The number of ether oxygens (including phenoxy) is 2. The molecule has 1 aliphatic rings. The number of carbonyl (C=O) groups is 3. The molecule has 1 amide bonds. The summed E-state index contributed by atoms with van der Waals surface area (Å²) in [5.74, 6) is -1.63. The molecule has 30 heavy (non-hydrogen) atoms. The molecule has 1 unspecified atom stereocenters. The second-order valence-corrected chi connectivity index (χ2v) is 8.41. The van der Waals surface area contributed by atoms with Crippen LogP contribution in [-0.2, 0) is 27.1 Å². The lowest BCUT2D eigenvalue weighted by Crippen LogP contribution is -2.32. The number of nitrogens with zero attached hydrogens (tertiary/aromatic N) is 1. The predicted molar refractivity (Wildman–Crippen MR) is 114 cm³/mol. The van der Waals surface area contributed by atoms with Crippen molar-refractivity contribution in [3.05, 3.63) is 45.1 Å². The second kappa shape index (κ2) is 10.0. The lowest BCUT2D eigenvalue weighted by Gasteiger charge is -2.16. The minimum absolute atomic E-state index is 0.157. The first kappa shape index (κ1) is 22.2. The first-order valence-corrected chi connectivity index (χ1v) is 11.0. The number of amides is 1. The van der Waals surface area contributed by atoms with Crippen LogP contribution in [0.3, 0.4) is 0 Å². The monoisotopic (exact) mass is 450 g/mol. The van der Waals surface area contributed by atoms with Crippen molar-refractivity contribution in [3.63, 3.8) is 0 Å². The zero-order valence-corrected chi connectivity index (χ0v) is 18.4. The molecule has 0 fully saturated rings. The van der Waals surface area contributed by atoms with Gasteiger partial charge in [0.25, 0.3) is 5.91 Å². The Bertz CT molecular complexity index is 959. The Morgan fingerprint density at radius 3 is 2.70 bits per heavy atom. The van der Waals surface area contributed by atoms with Crippen LogP contribution < -0.4 is 5.32 Å². The van der Waals surface area contributed by atoms with E-state index in [0.29, 0.717) is 10.6 Å². The number of fused-ring (bicyclic) bond motifs is 1. The molecular weight excluding hydrogens is 428 g/mol. The second-order valence-electron chi connectivity index (χ2n) is 6.92. The summed E-state index contributed by atoms with van der Waals surface area (Å²) in [6, 6.07) is 2.84. The SMILES string of the molecule is CCC(OC(=O)c1ccnc(Cl)c1)C(=O)Nc1sc2c(c1C(=O)OC)CCCCC2. The summed E-state index contributed by atoms with van der Waals surface area (Å²) in [7, 11) is 1.32. The minimum atomic E-state index is -1.02. The number of esters is 2. The normalized spacial score (nSPS) is 14.2. The molecule has 0 saturated carbocycles. The van der Waals surface area contributed by atoms with Crippen LogP contribution in [0.2, 0.25) is 5.15 Å². The number of aromatic nitrogens is 1. The summed E-state index contributed by atoms with van der Waals surface area (Å²) < 4.78 is 10.3. The van der Waals surface area contributed by atoms with Crippen molar-refractivity contribution in [2.24, 2.45) is 0 Å². The maximum Gasteiger partial charge on any atom is 0.341 e. The molecule has 0 aliphatic heterocycles. The molecule has 2 aromatic heterocycles. The Morgan fingerprint density at radius 2 is 2.00 bits per heavy atom. The van der Waals surface area contributed by atoms with Gasteiger partial charge >= 0.3 is 11.9 Å². The van der Waals surface area contributed by atoms with Gasteiger partial charge in [-0.3, -0.25) is 4.79 Å². The summed E-state index contributed by atoms with van der Waals surface area (Å²) in [5.41, 5.74) is 1.57. The molecule has 3 rings (SSSR count). The fraction of sp³-hybridized carbons (Fsp3) is 0.429. The van der Waals surface area contributed by atoms with Gasteiger partial charge in [0.05, 0.1) is 18.2 Å². The molecule has 0 spiro atoms. The zero-order chi connectivity index (χ0) is 21.7. The topological polar surface area (TPSA) is 94.6 Å². The van der Waals surface area contributed by atoms with E-state index in [1.807, 2.05) is 0 Å². The van der Waals surface area contributed by atoms with E-state index in [1.54, 1.807) is 6.92 Å². The number of carbonyl (C=O) groups excluding carboxylic acids is 3. The Morgan fingerprint density at radius 1 is 1.23 bits per heavy atom. The average molecular weight is 451 g/mol. The van der Waals surface area contributed by atoms with Crippen LogP contribution in [-0.4, -0.2) is 36.0 Å². The largest absolute Gasteiger partial charge is 0.465 e. The zero-order valence-electron chi connectivity index (χ0n) is 16.8. The number of hydrogen-bond donors (Lipinski definition) is 1. The molecule has 0 bridgehead atoms. The van der Waals surface area contributed by atoms with E-state index in [2.05, 4.69) is 10.3 Å². The Labute approximate surface area is 183 Å². The van der Waals surface area contributed by atoms with Crippen LogP contribution in [0.4, 0.5) is 5.00 Å². The van der Waals surface area contributed by atoms with E-state index >= 15 is 0 Å². The number of methoxy groups -OCH3 is 1. The van der Waals surface area contributed by atoms with Gasteiger partial charge in [-0.2, -0.15) is 0 Å². The smallest absolute Gasteiger partial charge is 0.341 e. The fourth-order valence-corrected chi connectivity index (χ4v) is 4.84. The van der Waals surface area contributed by atoms with Gasteiger partial charge in [0, 0.05) is 11.1 Å². The molecule has 2 heterocycles. The van der Waals surface area contributed by atoms with Crippen molar-refractivity contribution in [2.45, 2.75) is 51.6 Å². The third kappa shape index (κ3) is 4.99. The van der Waals surface area contributed by atoms with E-state index < -0.39 is 23.9 Å². The molecule has 0 saturated heterocycles. The third-order valence-electron chi connectivity index (χ3n) is 4.92. The van der Waals surface area contributed by atoms with Gasteiger partial charge in [0.1, 0.15) is 10.2 Å². The highest BCUT2D eigenvalue weighted by atomic mass is 35.5. The molecule has 160 valence electrons. The molecule has 9 heteroatoms. The van der Waals surface area contributed by atoms with E-state index in [9.17, 15) is 14.4 Å². The predicted octanol–water partition coefficient (Wildman–Crippen LogP) is 4.43. The van der Waals surface area contributed by atoms with Crippen molar-refractivity contribution in [1.29, 1.82) is 0 Å². The summed E-state index contributed by atoms with van der Waals surface area (Å²) in [5, 5.41) is 3.39. The van der Waals surface area contributed by atoms with Crippen LogP contribution in [0.15, 0.2) is 18.3 Å². The number of rotatable bonds is 6. The maximum atomic E-state index is 12.8. The molecule has 0 radical (unpaired) electrons. The first-order chi connectivity index (χ1) is 14.4. The van der Waals surface area contributed by atoms with Crippen molar-refractivity contribution in [1.82, 2.24) is 4.98 Å². The van der Waals surface area contributed by atoms with E-state index in [1.165, 1.54) is 36.8 Å². The number of thiophene rings is 1. The average Bonchev–Trinajstić information content (AvgIpc) is 2.91. The van der Waals surface area contributed by atoms with Crippen molar-refractivity contribution >= 4 is 45.8 Å². The molecule has 0 aromatic carbocycles.